The van der Waals surface area contributed by atoms with Crippen LogP contribution in [0.3, 0.4) is 0 Å². The van der Waals surface area contributed by atoms with Crippen molar-refractivity contribution >= 4 is 23.9 Å². The first-order valence-electron chi connectivity index (χ1n) is 10.2. The summed E-state index contributed by atoms with van der Waals surface area (Å²) in [4.78, 5) is 53.2. The van der Waals surface area contributed by atoms with Crippen LogP contribution in [-0.2, 0) is 0 Å². The molecule has 4 N–H and O–H groups in total. The molecule has 1 aromatic heterocycles. The van der Waals surface area contributed by atoms with Crippen LogP contribution in [-0.4, -0.2) is 54.3 Å². The second-order valence-corrected chi connectivity index (χ2v) is 6.11. The maximum atomic E-state index is 11.3. The predicted molar refractivity (Wildman–Crippen MR) is 123 cm³/mol. The SMILES string of the molecule is CC.CC.O=C(O)c1cc(C(=O)O)cc(-c2cnc(-c3cc(C(=O)O)cc(C(=O)O)c3)nc2)c1. The minimum atomic E-state index is -1.32. The zero-order valence-electron chi connectivity index (χ0n) is 18.9. The molecule has 0 fully saturated rings. The van der Waals surface area contributed by atoms with Gasteiger partial charge in [0.15, 0.2) is 5.82 Å². The molecule has 3 aromatic rings. The molecule has 178 valence electrons. The molecule has 1 heterocycles. The van der Waals surface area contributed by atoms with Crippen molar-refractivity contribution in [1.82, 2.24) is 9.97 Å². The second kappa shape index (κ2) is 12.4. The minimum Gasteiger partial charge on any atom is -0.478 e. The first kappa shape index (κ1) is 27.4. The molecule has 10 nitrogen and oxygen atoms in total. The quantitative estimate of drug-likeness (QED) is 0.398. The number of carboxylic acids is 4. The van der Waals surface area contributed by atoms with Crippen LogP contribution < -0.4 is 0 Å². The molecule has 0 saturated heterocycles. The lowest BCUT2D eigenvalue weighted by atomic mass is 10.0. The summed E-state index contributed by atoms with van der Waals surface area (Å²) < 4.78 is 0. The van der Waals surface area contributed by atoms with Gasteiger partial charge in [0.05, 0.1) is 22.3 Å². The Morgan fingerprint density at radius 2 is 0.794 bits per heavy atom. The highest BCUT2D eigenvalue weighted by atomic mass is 16.4. The Balaban J connectivity index is 0.00000137. The highest BCUT2D eigenvalue weighted by Gasteiger charge is 2.15. The summed E-state index contributed by atoms with van der Waals surface area (Å²) in [6.07, 6.45) is 2.59. The van der Waals surface area contributed by atoms with Crippen LogP contribution in [0.25, 0.3) is 22.5 Å². The summed E-state index contributed by atoms with van der Waals surface area (Å²) in [7, 11) is 0. The van der Waals surface area contributed by atoms with E-state index in [9.17, 15) is 29.4 Å². The van der Waals surface area contributed by atoms with Gasteiger partial charge < -0.3 is 20.4 Å². The molecular weight excluding hydrogens is 444 g/mol. The normalized spacial score (nSPS) is 9.53. The lowest BCUT2D eigenvalue weighted by molar-refractivity contribution is 0.0676. The summed E-state index contributed by atoms with van der Waals surface area (Å²) in [5, 5.41) is 36.7. The van der Waals surface area contributed by atoms with Gasteiger partial charge in [-0.3, -0.25) is 0 Å². The van der Waals surface area contributed by atoms with E-state index in [4.69, 9.17) is 10.2 Å². The first-order valence-corrected chi connectivity index (χ1v) is 10.2. The lowest BCUT2D eigenvalue weighted by Gasteiger charge is -2.07. The third kappa shape index (κ3) is 6.70. The van der Waals surface area contributed by atoms with Crippen LogP contribution in [0.1, 0.15) is 69.1 Å². The Hall–Kier alpha value is -4.60. The molecule has 0 spiro atoms. The maximum Gasteiger partial charge on any atom is 0.335 e. The number of carboxylic acid groups (broad SMARTS) is 4. The maximum absolute atomic E-state index is 11.3. The molecular formula is C24H24N2O8. The number of benzene rings is 2. The molecule has 0 amide bonds. The molecule has 0 aliphatic rings. The van der Waals surface area contributed by atoms with Crippen LogP contribution in [0.2, 0.25) is 0 Å². The van der Waals surface area contributed by atoms with Crippen molar-refractivity contribution in [3.05, 3.63) is 71.0 Å². The van der Waals surface area contributed by atoms with Crippen LogP contribution in [0, 0.1) is 0 Å². The van der Waals surface area contributed by atoms with Crippen LogP contribution in [0.5, 0.6) is 0 Å². The van der Waals surface area contributed by atoms with E-state index in [0.29, 0.717) is 5.56 Å². The molecule has 2 aromatic carbocycles. The summed E-state index contributed by atoms with van der Waals surface area (Å²) in [6, 6.07) is 7.00. The topological polar surface area (TPSA) is 175 Å². The number of aromatic nitrogens is 2. The summed E-state index contributed by atoms with van der Waals surface area (Å²) >= 11 is 0. The van der Waals surface area contributed by atoms with Crippen molar-refractivity contribution < 1.29 is 39.6 Å². The summed E-state index contributed by atoms with van der Waals surface area (Å²) in [6.45, 7) is 8.00. The fraction of sp³-hybridized carbons (Fsp3) is 0.167. The monoisotopic (exact) mass is 468 g/mol. The van der Waals surface area contributed by atoms with Crippen LogP contribution in [0.4, 0.5) is 0 Å². The number of rotatable bonds is 6. The predicted octanol–water partition coefficient (Wildman–Crippen LogP) is 4.66. The van der Waals surface area contributed by atoms with E-state index >= 15 is 0 Å². The lowest BCUT2D eigenvalue weighted by Crippen LogP contribution is -2.04. The Bertz CT molecular complexity index is 1050. The number of carbonyl (C=O) groups is 4. The fourth-order valence-electron chi connectivity index (χ4n) is 2.67. The molecule has 0 radical (unpaired) electrons. The Kier molecular flexibility index (Phi) is 10.0. The molecule has 0 unspecified atom stereocenters. The third-order valence-corrected chi connectivity index (χ3v) is 4.10. The van der Waals surface area contributed by atoms with Crippen LogP contribution in [0.15, 0.2) is 48.8 Å². The second-order valence-electron chi connectivity index (χ2n) is 6.11. The summed E-state index contributed by atoms with van der Waals surface area (Å²) in [5.41, 5.74) is -0.231. The number of hydrogen-bond donors (Lipinski definition) is 4. The van der Waals surface area contributed by atoms with Crippen molar-refractivity contribution in [2.45, 2.75) is 27.7 Å². The van der Waals surface area contributed by atoms with Gasteiger partial charge in [-0.25, -0.2) is 29.1 Å². The smallest absolute Gasteiger partial charge is 0.335 e. The van der Waals surface area contributed by atoms with Crippen molar-refractivity contribution in [2.75, 3.05) is 0 Å². The molecule has 0 aliphatic heterocycles. The van der Waals surface area contributed by atoms with Gasteiger partial charge in [-0.1, -0.05) is 27.7 Å². The van der Waals surface area contributed by atoms with Crippen molar-refractivity contribution in [3.8, 4) is 22.5 Å². The Morgan fingerprint density at radius 3 is 1.09 bits per heavy atom. The largest absolute Gasteiger partial charge is 0.478 e. The number of nitrogens with zero attached hydrogens (tertiary/aromatic N) is 2. The van der Waals surface area contributed by atoms with E-state index in [0.717, 1.165) is 12.1 Å². The van der Waals surface area contributed by atoms with Gasteiger partial charge in [-0.15, -0.1) is 0 Å². The van der Waals surface area contributed by atoms with E-state index in [2.05, 4.69) is 9.97 Å². The minimum absolute atomic E-state index is 0.0391. The van der Waals surface area contributed by atoms with Gasteiger partial charge in [0.1, 0.15) is 0 Å². The molecule has 34 heavy (non-hydrogen) atoms. The van der Waals surface area contributed by atoms with Gasteiger partial charge in [0.2, 0.25) is 0 Å². The van der Waals surface area contributed by atoms with Gasteiger partial charge in [-0.2, -0.15) is 0 Å². The molecule has 0 atom stereocenters. The van der Waals surface area contributed by atoms with Gasteiger partial charge in [-0.05, 0) is 42.0 Å². The molecule has 10 heteroatoms. The van der Waals surface area contributed by atoms with E-state index in [1.165, 1.54) is 36.7 Å². The summed E-state index contributed by atoms with van der Waals surface area (Å²) in [5.74, 6) is -5.20. The van der Waals surface area contributed by atoms with E-state index < -0.39 is 23.9 Å². The van der Waals surface area contributed by atoms with Crippen molar-refractivity contribution in [2.24, 2.45) is 0 Å². The zero-order chi connectivity index (χ0) is 26.0. The van der Waals surface area contributed by atoms with Crippen molar-refractivity contribution in [1.29, 1.82) is 0 Å². The Morgan fingerprint density at radius 1 is 0.500 bits per heavy atom. The van der Waals surface area contributed by atoms with E-state index in [-0.39, 0.29) is 39.2 Å². The standard InChI is InChI=1S/C20H12N2O8.2C2H6/c23-17(24)11-1-9(2-12(5-11)18(25)26)15-7-21-16(22-8-15)10-3-13(19(27)28)6-14(4-10)20(29)30;2*1-2/h1-8H,(H,23,24)(H,25,26)(H,27,28)(H,29,30);2*1-2H3. The molecule has 0 bridgehead atoms. The fourth-order valence-corrected chi connectivity index (χ4v) is 2.67. The number of aromatic carboxylic acids is 4. The molecule has 3 rings (SSSR count). The Labute approximate surface area is 195 Å². The van der Waals surface area contributed by atoms with Gasteiger partial charge in [0, 0.05) is 23.5 Å². The zero-order valence-corrected chi connectivity index (χ0v) is 18.9. The van der Waals surface area contributed by atoms with Crippen molar-refractivity contribution in [3.63, 3.8) is 0 Å². The molecule has 0 saturated carbocycles. The van der Waals surface area contributed by atoms with E-state index in [1.807, 2.05) is 27.7 Å². The highest BCUT2D eigenvalue weighted by Crippen LogP contribution is 2.25. The average Bonchev–Trinajstić information content (AvgIpc) is 2.85. The van der Waals surface area contributed by atoms with E-state index in [1.54, 1.807) is 0 Å². The van der Waals surface area contributed by atoms with Gasteiger partial charge >= 0.3 is 23.9 Å². The average molecular weight is 468 g/mol. The first-order chi connectivity index (χ1) is 16.2. The number of hydrogen-bond acceptors (Lipinski definition) is 6. The molecule has 0 aliphatic carbocycles. The van der Waals surface area contributed by atoms with Gasteiger partial charge in [0.25, 0.3) is 0 Å². The third-order valence-electron chi connectivity index (χ3n) is 4.10. The van der Waals surface area contributed by atoms with Crippen LogP contribution >= 0.6 is 0 Å². The highest BCUT2D eigenvalue weighted by molar-refractivity contribution is 5.97.